The number of anilines is 6. The molecule has 8 aromatic carbocycles. The summed E-state index contributed by atoms with van der Waals surface area (Å²) in [4.78, 5) is 8.87. The van der Waals surface area contributed by atoms with Gasteiger partial charge in [-0.2, -0.15) is 16.8 Å². The van der Waals surface area contributed by atoms with Gasteiger partial charge in [0.2, 0.25) is 0 Å². The Morgan fingerprint density at radius 3 is 1.18 bits per heavy atom. The Hall–Kier alpha value is -8.60. The molecule has 0 radical (unpaired) electrons. The third kappa shape index (κ3) is 13.1. The molecule has 8 aromatic rings. The third-order valence-corrected chi connectivity index (χ3v) is 14.0. The summed E-state index contributed by atoms with van der Waals surface area (Å²) in [5, 5.41) is 30.5. The predicted molar refractivity (Wildman–Crippen MR) is 295 cm³/mol. The Morgan fingerprint density at radius 1 is 0.405 bits per heavy atom. The largest absolute Gasteiger partial charge is 0.508 e. The summed E-state index contributed by atoms with van der Waals surface area (Å²) in [6.45, 7) is 3.59. The number of hydrogen-bond acceptors (Lipinski definition) is 11. The van der Waals surface area contributed by atoms with Gasteiger partial charge in [0.15, 0.2) is 0 Å². The van der Waals surface area contributed by atoms with Crippen molar-refractivity contribution in [2.75, 3.05) is 16.0 Å². The molecule has 0 aliphatic heterocycles. The van der Waals surface area contributed by atoms with Crippen molar-refractivity contribution in [3.05, 3.63) is 239 Å². The van der Waals surface area contributed by atoms with Gasteiger partial charge in [0.25, 0.3) is 20.2 Å². The molecule has 372 valence electrons. The van der Waals surface area contributed by atoms with Crippen LogP contribution in [0.15, 0.2) is 214 Å². The Bertz CT molecular complexity index is 3690. The summed E-state index contributed by atoms with van der Waals surface area (Å²) in [7, 11) is -9.15. The third-order valence-electron chi connectivity index (χ3n) is 12.2. The standard InChI is InChI=1S/C59H51N5O8S2/c1-38-3-5-40(6-4-38)32-42-9-21-53(22-10-42)64-55-37-57(66)45(35-59(55)74(70,71)72)34-44-13-17-47(18-14-44)61-49-25-29-51(30-26-49)62-50-27-23-48(24-28-50)60-46-15-7-41(8-16-46)33-43-11-19-52(20-12-43)63-54-36-56(65)39(2)31-58(54)73(67,68)69/h3-31,35-37,61,63-66H,32-34H2,1-2H3,(H,67,68,69)(H,70,71,72). The summed E-state index contributed by atoms with van der Waals surface area (Å²) in [6, 6.07) is 51.6. The van der Waals surface area contributed by atoms with Gasteiger partial charge in [-0.25, -0.2) is 9.98 Å². The molecule has 74 heavy (non-hydrogen) atoms. The molecule has 0 bridgehead atoms. The van der Waals surface area contributed by atoms with Crippen LogP contribution in [0.2, 0.25) is 0 Å². The van der Waals surface area contributed by atoms with E-state index in [0.717, 1.165) is 62.8 Å². The molecular formula is C59H51N5O8S2. The average Bonchev–Trinajstić information content (AvgIpc) is 3.37. The van der Waals surface area contributed by atoms with Gasteiger partial charge in [-0.3, -0.25) is 9.11 Å². The molecule has 0 fully saturated rings. The molecule has 0 heterocycles. The number of aliphatic imine (C=N–C) groups is 2. The second kappa shape index (κ2) is 21.6. The summed E-state index contributed by atoms with van der Waals surface area (Å²) in [5.74, 6) is -0.206. The van der Waals surface area contributed by atoms with Gasteiger partial charge in [0.05, 0.1) is 34.2 Å². The zero-order valence-corrected chi connectivity index (χ0v) is 41.9. The second-order valence-electron chi connectivity index (χ2n) is 18.0. The Labute approximate surface area is 430 Å². The number of phenolic OH excluding ortho intramolecular Hbond substituents is 2. The molecule has 15 heteroatoms. The van der Waals surface area contributed by atoms with Crippen molar-refractivity contribution >= 4 is 77.2 Å². The second-order valence-corrected chi connectivity index (χ2v) is 20.8. The van der Waals surface area contributed by atoms with Gasteiger partial charge in [-0.15, -0.1) is 0 Å². The van der Waals surface area contributed by atoms with E-state index in [1.807, 2.05) is 140 Å². The lowest BCUT2D eigenvalue weighted by Crippen LogP contribution is -2.05. The minimum Gasteiger partial charge on any atom is -0.508 e. The van der Waals surface area contributed by atoms with Crippen LogP contribution in [0.1, 0.15) is 44.5 Å². The maximum atomic E-state index is 12.5. The first kappa shape index (κ1) is 50.3. The maximum absolute atomic E-state index is 12.5. The van der Waals surface area contributed by atoms with Crippen molar-refractivity contribution in [1.82, 2.24) is 0 Å². The van der Waals surface area contributed by atoms with Gasteiger partial charge >= 0.3 is 0 Å². The van der Waals surface area contributed by atoms with Gasteiger partial charge in [-0.05, 0) is 175 Å². The van der Waals surface area contributed by atoms with Crippen LogP contribution in [-0.4, -0.2) is 47.6 Å². The number of hydrogen-bond donors (Lipinski definition) is 7. The molecule has 0 aromatic heterocycles. The number of aromatic hydroxyl groups is 2. The van der Waals surface area contributed by atoms with E-state index >= 15 is 0 Å². The highest BCUT2D eigenvalue weighted by atomic mass is 32.2. The monoisotopic (exact) mass is 1020 g/mol. The molecule has 0 saturated heterocycles. The van der Waals surface area contributed by atoms with Crippen LogP contribution in [-0.2, 0) is 39.5 Å². The number of benzene rings is 8. The molecule has 0 saturated carbocycles. The SMILES string of the molecule is Cc1ccc(Cc2ccc(Nc3cc(O)c(Cc4ccc(Nc5ccc(N=C6C=CC(=Nc7ccc(Cc8ccc(Nc9cc(O)c(C)cc9S(=O)(=O)O)cc8)cc7)C=C6)cc5)cc4)cc3S(=O)(=O)O)cc2)cc1. The zero-order valence-electron chi connectivity index (χ0n) is 40.2. The number of allylic oxidation sites excluding steroid dienone is 4. The maximum Gasteiger partial charge on any atom is 0.296 e. The fourth-order valence-corrected chi connectivity index (χ4v) is 9.64. The highest BCUT2D eigenvalue weighted by Crippen LogP contribution is 2.35. The summed E-state index contributed by atoms with van der Waals surface area (Å²) < 4.78 is 68.8. The highest BCUT2D eigenvalue weighted by Gasteiger charge is 2.21. The number of rotatable bonds is 16. The minimum absolute atomic E-state index is 0.0609. The van der Waals surface area contributed by atoms with Gasteiger partial charge in [0, 0.05) is 41.3 Å². The van der Waals surface area contributed by atoms with E-state index in [2.05, 4.69) is 40.2 Å². The number of nitrogens with one attached hydrogen (secondary N) is 3. The van der Waals surface area contributed by atoms with Crippen molar-refractivity contribution in [1.29, 1.82) is 0 Å². The van der Waals surface area contributed by atoms with Crippen LogP contribution in [0.25, 0.3) is 0 Å². The molecular weight excluding hydrogens is 971 g/mol. The van der Waals surface area contributed by atoms with Gasteiger partial charge < -0.3 is 26.2 Å². The molecule has 1 aliphatic rings. The van der Waals surface area contributed by atoms with E-state index in [-0.39, 0.29) is 39.1 Å². The first-order chi connectivity index (χ1) is 35.4. The lowest BCUT2D eigenvalue weighted by atomic mass is 10.0. The van der Waals surface area contributed by atoms with E-state index in [1.54, 1.807) is 19.1 Å². The van der Waals surface area contributed by atoms with Crippen molar-refractivity contribution in [3.63, 3.8) is 0 Å². The lowest BCUT2D eigenvalue weighted by Gasteiger charge is -2.15. The first-order valence-electron chi connectivity index (χ1n) is 23.5. The smallest absolute Gasteiger partial charge is 0.296 e. The average molecular weight is 1020 g/mol. The van der Waals surface area contributed by atoms with Crippen molar-refractivity contribution in [3.8, 4) is 11.5 Å². The number of nitrogens with zero attached hydrogens (tertiary/aromatic N) is 2. The van der Waals surface area contributed by atoms with Crippen molar-refractivity contribution < 1.29 is 36.2 Å². The quantitative estimate of drug-likeness (QED) is 0.0358. The molecule has 0 unspecified atom stereocenters. The summed E-state index contributed by atoms with van der Waals surface area (Å²) in [5.41, 5.74) is 13.2. The normalized spacial score (nSPS) is 12.4. The summed E-state index contributed by atoms with van der Waals surface area (Å²) >= 11 is 0. The fraction of sp³-hybridized carbons (Fsp3) is 0.0847. The van der Waals surface area contributed by atoms with Crippen LogP contribution in [0, 0.1) is 13.8 Å². The zero-order chi connectivity index (χ0) is 52.0. The number of aryl methyl sites for hydroxylation is 2. The van der Waals surface area contributed by atoms with E-state index < -0.39 is 20.2 Å². The Morgan fingerprint density at radius 2 is 0.743 bits per heavy atom. The van der Waals surface area contributed by atoms with Crippen LogP contribution < -0.4 is 16.0 Å². The minimum atomic E-state index is -4.64. The molecule has 0 atom stereocenters. The first-order valence-corrected chi connectivity index (χ1v) is 26.3. The topological polar surface area (TPSA) is 210 Å². The van der Waals surface area contributed by atoms with Crippen LogP contribution >= 0.6 is 0 Å². The molecule has 0 amide bonds. The van der Waals surface area contributed by atoms with Gasteiger partial charge in [0.1, 0.15) is 21.3 Å². The molecule has 13 nitrogen and oxygen atoms in total. The molecule has 9 rings (SSSR count). The van der Waals surface area contributed by atoms with E-state index in [1.165, 1.54) is 35.4 Å². The number of phenols is 2. The summed E-state index contributed by atoms with van der Waals surface area (Å²) in [6.07, 6.45) is 9.26. The van der Waals surface area contributed by atoms with Gasteiger partial charge in [-0.1, -0.05) is 78.4 Å². The lowest BCUT2D eigenvalue weighted by molar-refractivity contribution is 0.467. The molecule has 0 spiro atoms. The van der Waals surface area contributed by atoms with E-state index in [4.69, 9.17) is 9.98 Å². The van der Waals surface area contributed by atoms with E-state index in [0.29, 0.717) is 28.9 Å². The van der Waals surface area contributed by atoms with Crippen LogP contribution in [0.4, 0.5) is 45.5 Å². The predicted octanol–water partition coefficient (Wildman–Crippen LogP) is 13.2. The fourth-order valence-electron chi connectivity index (χ4n) is 8.24. The highest BCUT2D eigenvalue weighted by molar-refractivity contribution is 7.86. The Balaban J connectivity index is 0.758. The Kier molecular flexibility index (Phi) is 14.7. The van der Waals surface area contributed by atoms with Crippen molar-refractivity contribution in [2.24, 2.45) is 9.98 Å². The van der Waals surface area contributed by atoms with Crippen LogP contribution in [0.3, 0.4) is 0 Å². The van der Waals surface area contributed by atoms with E-state index in [9.17, 15) is 36.2 Å². The van der Waals surface area contributed by atoms with Crippen LogP contribution in [0.5, 0.6) is 11.5 Å². The molecule has 1 aliphatic carbocycles. The molecule has 7 N–H and O–H groups in total. The van der Waals surface area contributed by atoms with Crippen molar-refractivity contribution in [2.45, 2.75) is 42.9 Å².